The lowest BCUT2D eigenvalue weighted by Gasteiger charge is -2.26. The average Bonchev–Trinajstić information content (AvgIpc) is 3.27. The lowest BCUT2D eigenvalue weighted by atomic mass is 10.2. The number of benzene rings is 2. The van der Waals surface area contributed by atoms with E-state index in [0.717, 1.165) is 40.5 Å². The molecule has 1 aromatic heterocycles. The van der Waals surface area contributed by atoms with Crippen LogP contribution >= 0.6 is 11.3 Å². The van der Waals surface area contributed by atoms with Gasteiger partial charge in [0.2, 0.25) is 10.0 Å². The lowest BCUT2D eigenvalue weighted by Crippen LogP contribution is -2.40. The fourth-order valence-electron chi connectivity index (χ4n) is 3.73. The second-order valence-corrected chi connectivity index (χ2v) is 10.5. The van der Waals surface area contributed by atoms with Gasteiger partial charge in [-0.25, -0.2) is 13.4 Å². The van der Waals surface area contributed by atoms with Crippen molar-refractivity contribution in [3.05, 3.63) is 58.7 Å². The zero-order chi connectivity index (χ0) is 24.0. The molecular formula is C24H29N3O5S2. The molecule has 0 unspecified atom stereocenters. The van der Waals surface area contributed by atoms with Crippen molar-refractivity contribution in [2.24, 2.45) is 4.99 Å². The Bertz CT molecular complexity index is 1240. The van der Waals surface area contributed by atoms with Crippen LogP contribution in [0.4, 0.5) is 5.69 Å². The number of nitrogens with zero attached hydrogens (tertiary/aromatic N) is 3. The van der Waals surface area contributed by atoms with Crippen LogP contribution in [0, 0.1) is 0 Å². The molecule has 1 aliphatic heterocycles. The zero-order valence-corrected chi connectivity index (χ0v) is 21.0. The lowest BCUT2D eigenvalue weighted by molar-refractivity contribution is 0.0730. The maximum Gasteiger partial charge on any atom is 0.243 e. The first kappa shape index (κ1) is 24.6. The quantitative estimate of drug-likeness (QED) is 0.418. The topological polar surface area (TPSA) is 82.4 Å². The highest BCUT2D eigenvalue weighted by Gasteiger charge is 2.26. The van der Waals surface area contributed by atoms with Crippen molar-refractivity contribution < 1.29 is 22.6 Å². The van der Waals surface area contributed by atoms with E-state index in [1.807, 2.05) is 36.4 Å². The van der Waals surface area contributed by atoms with Gasteiger partial charge in [-0.1, -0.05) is 12.1 Å². The Morgan fingerprint density at radius 1 is 1.03 bits per heavy atom. The molecule has 0 aliphatic carbocycles. The molecule has 8 nitrogen and oxygen atoms in total. The summed E-state index contributed by atoms with van der Waals surface area (Å²) in [5.74, 6) is 0.783. The number of methoxy groups -OCH3 is 2. The number of aromatic nitrogens is 1. The van der Waals surface area contributed by atoms with Gasteiger partial charge in [-0.3, -0.25) is 0 Å². The van der Waals surface area contributed by atoms with Gasteiger partial charge in [0.05, 0.1) is 36.6 Å². The molecular weight excluding hydrogens is 474 g/mol. The molecule has 1 fully saturated rings. The molecule has 1 aliphatic rings. The van der Waals surface area contributed by atoms with Crippen LogP contribution < -0.4 is 9.54 Å². The van der Waals surface area contributed by atoms with Crippen LogP contribution in [0.25, 0.3) is 11.3 Å². The van der Waals surface area contributed by atoms with E-state index in [0.29, 0.717) is 37.8 Å². The highest BCUT2D eigenvalue weighted by atomic mass is 32.2. The maximum absolute atomic E-state index is 13.0. The van der Waals surface area contributed by atoms with Crippen LogP contribution in [0.15, 0.2) is 63.8 Å². The van der Waals surface area contributed by atoms with Gasteiger partial charge >= 0.3 is 0 Å². The third-order valence-corrected chi connectivity index (χ3v) is 8.36. The minimum absolute atomic E-state index is 0.294. The van der Waals surface area contributed by atoms with E-state index >= 15 is 0 Å². The van der Waals surface area contributed by atoms with E-state index in [1.54, 1.807) is 37.7 Å². The fraction of sp³-hybridized carbons (Fsp3) is 0.375. The Morgan fingerprint density at radius 3 is 2.38 bits per heavy atom. The number of hydrogen-bond donors (Lipinski definition) is 0. The molecule has 182 valence electrons. The number of sulfonamides is 1. The van der Waals surface area contributed by atoms with Gasteiger partial charge in [0.1, 0.15) is 5.75 Å². The summed E-state index contributed by atoms with van der Waals surface area (Å²) in [6.07, 6.45) is 0.833. The molecule has 0 amide bonds. The maximum atomic E-state index is 13.0. The van der Waals surface area contributed by atoms with Crippen molar-refractivity contribution in [3.63, 3.8) is 0 Å². The van der Waals surface area contributed by atoms with E-state index < -0.39 is 10.0 Å². The highest BCUT2D eigenvalue weighted by Crippen LogP contribution is 2.25. The molecule has 0 saturated carbocycles. The van der Waals surface area contributed by atoms with Crippen molar-refractivity contribution in [3.8, 4) is 17.0 Å². The summed E-state index contributed by atoms with van der Waals surface area (Å²) in [5, 5.41) is 2.06. The minimum atomic E-state index is -3.53. The summed E-state index contributed by atoms with van der Waals surface area (Å²) < 4.78 is 45.3. The number of morpholine rings is 1. The van der Waals surface area contributed by atoms with Crippen LogP contribution in [0.3, 0.4) is 0 Å². The molecule has 4 rings (SSSR count). The Hall–Kier alpha value is -2.50. The summed E-state index contributed by atoms with van der Waals surface area (Å²) in [6, 6.07) is 14.7. The van der Waals surface area contributed by atoms with Crippen molar-refractivity contribution in [2.75, 3.05) is 47.1 Å². The van der Waals surface area contributed by atoms with Crippen LogP contribution in [0.1, 0.15) is 6.42 Å². The smallest absolute Gasteiger partial charge is 0.243 e. The van der Waals surface area contributed by atoms with E-state index in [-0.39, 0.29) is 0 Å². The average molecular weight is 504 g/mol. The van der Waals surface area contributed by atoms with E-state index in [9.17, 15) is 8.42 Å². The molecule has 0 atom stereocenters. The SMILES string of the molecule is COCCCn1c(-c2ccc(S(=O)(=O)N3CCOCC3)cc2)csc1=Nc1ccc(OC)cc1. The van der Waals surface area contributed by atoms with Gasteiger partial charge in [0.15, 0.2) is 4.80 Å². The Morgan fingerprint density at radius 2 is 1.74 bits per heavy atom. The third-order valence-electron chi connectivity index (χ3n) is 5.58. The van der Waals surface area contributed by atoms with Gasteiger partial charge in [-0.15, -0.1) is 11.3 Å². The zero-order valence-electron chi connectivity index (χ0n) is 19.3. The van der Waals surface area contributed by atoms with Gasteiger partial charge < -0.3 is 18.8 Å². The number of hydrogen-bond acceptors (Lipinski definition) is 7. The molecule has 2 heterocycles. The Balaban J connectivity index is 1.65. The van der Waals surface area contributed by atoms with E-state index in [2.05, 4.69) is 9.95 Å². The first-order valence-corrected chi connectivity index (χ1v) is 13.4. The van der Waals surface area contributed by atoms with Crippen molar-refractivity contribution in [1.82, 2.24) is 8.87 Å². The molecule has 10 heteroatoms. The predicted octanol–water partition coefficient (Wildman–Crippen LogP) is 3.52. The summed E-state index contributed by atoms with van der Waals surface area (Å²) in [6.45, 7) is 2.98. The normalized spacial score (nSPS) is 15.5. The largest absolute Gasteiger partial charge is 0.497 e. The highest BCUT2D eigenvalue weighted by molar-refractivity contribution is 7.89. The molecule has 2 aromatic carbocycles. The summed E-state index contributed by atoms with van der Waals surface area (Å²) in [7, 11) is -0.198. The molecule has 1 saturated heterocycles. The minimum Gasteiger partial charge on any atom is -0.497 e. The molecule has 34 heavy (non-hydrogen) atoms. The number of thiazole rings is 1. The molecule has 3 aromatic rings. The first-order chi connectivity index (χ1) is 16.5. The summed E-state index contributed by atoms with van der Waals surface area (Å²) >= 11 is 1.55. The molecule has 0 spiro atoms. The second kappa shape index (κ2) is 11.3. The van der Waals surface area contributed by atoms with Crippen LogP contribution in [-0.2, 0) is 26.0 Å². The van der Waals surface area contributed by atoms with Gasteiger partial charge in [0.25, 0.3) is 0 Å². The van der Waals surface area contributed by atoms with Crippen LogP contribution in [0.5, 0.6) is 5.75 Å². The summed E-state index contributed by atoms with van der Waals surface area (Å²) in [4.78, 5) is 5.99. The first-order valence-electron chi connectivity index (χ1n) is 11.1. The monoisotopic (exact) mass is 503 g/mol. The summed E-state index contributed by atoms with van der Waals surface area (Å²) in [5.41, 5.74) is 2.76. The number of rotatable bonds is 9. The van der Waals surface area contributed by atoms with Crippen LogP contribution in [-0.4, -0.2) is 64.4 Å². The van der Waals surface area contributed by atoms with Gasteiger partial charge in [-0.2, -0.15) is 4.31 Å². The fourth-order valence-corrected chi connectivity index (χ4v) is 6.10. The van der Waals surface area contributed by atoms with Crippen LogP contribution in [0.2, 0.25) is 0 Å². The standard InChI is InChI=1S/C24H29N3O5S2/c1-30-15-3-12-27-23(18-33-24(27)25-20-6-8-21(31-2)9-7-20)19-4-10-22(11-5-19)34(28,29)26-13-16-32-17-14-26/h4-11,18H,3,12-17H2,1-2H3. The van der Waals surface area contributed by atoms with Crippen molar-refractivity contribution in [2.45, 2.75) is 17.9 Å². The van der Waals surface area contributed by atoms with E-state index in [4.69, 9.17) is 19.2 Å². The number of ether oxygens (including phenoxy) is 3. The Labute approximate surface area is 204 Å². The van der Waals surface area contributed by atoms with E-state index in [1.165, 1.54) is 4.31 Å². The molecule has 0 N–H and O–H groups in total. The molecule has 0 bridgehead atoms. The Kier molecular flexibility index (Phi) is 8.17. The second-order valence-electron chi connectivity index (χ2n) is 7.75. The van der Waals surface area contributed by atoms with Gasteiger partial charge in [0, 0.05) is 38.7 Å². The van der Waals surface area contributed by atoms with Crippen molar-refractivity contribution in [1.29, 1.82) is 0 Å². The predicted molar refractivity (Wildman–Crippen MR) is 132 cm³/mol. The van der Waals surface area contributed by atoms with Crippen molar-refractivity contribution >= 4 is 27.0 Å². The molecule has 0 radical (unpaired) electrons. The van der Waals surface area contributed by atoms with Gasteiger partial charge in [-0.05, 0) is 48.4 Å². The third kappa shape index (κ3) is 5.59.